The van der Waals surface area contributed by atoms with E-state index in [9.17, 15) is 19.7 Å². The topological polar surface area (TPSA) is 108 Å². The maximum absolute atomic E-state index is 11.9. The van der Waals surface area contributed by atoms with Gasteiger partial charge in [0.15, 0.2) is 5.78 Å². The van der Waals surface area contributed by atoms with E-state index in [1.54, 1.807) is 0 Å². The number of oxime groups is 1. The van der Waals surface area contributed by atoms with Gasteiger partial charge in [0.05, 0.1) is 4.92 Å². The number of benzene rings is 1. The average Bonchev–Trinajstić information content (AvgIpc) is 2.44. The molecule has 0 fully saturated rings. The molecule has 0 amide bonds. The molecule has 0 aromatic heterocycles. The summed E-state index contributed by atoms with van der Waals surface area (Å²) in [6, 6.07) is 5.63. The van der Waals surface area contributed by atoms with E-state index in [4.69, 9.17) is 9.57 Å². The lowest BCUT2D eigenvalue weighted by atomic mass is 10.1. The summed E-state index contributed by atoms with van der Waals surface area (Å²) in [5.41, 5.74) is -0.800. The molecule has 22 heavy (non-hydrogen) atoms. The second-order valence-corrected chi connectivity index (χ2v) is 4.95. The van der Waals surface area contributed by atoms with Crippen molar-refractivity contribution in [2.75, 3.05) is 0 Å². The van der Waals surface area contributed by atoms with Gasteiger partial charge in [-0.15, -0.1) is 0 Å². The number of esters is 1. The van der Waals surface area contributed by atoms with Gasteiger partial charge in [-0.1, -0.05) is 5.16 Å². The Morgan fingerprint density at radius 2 is 1.91 bits per heavy atom. The fourth-order valence-corrected chi connectivity index (χ4v) is 1.31. The summed E-state index contributed by atoms with van der Waals surface area (Å²) in [4.78, 5) is 37.5. The van der Waals surface area contributed by atoms with Crippen LogP contribution in [-0.2, 0) is 25.8 Å². The molecule has 0 aliphatic rings. The highest BCUT2D eigenvalue weighted by molar-refractivity contribution is 6.26. The van der Waals surface area contributed by atoms with Gasteiger partial charge >= 0.3 is 5.97 Å². The molecule has 8 heteroatoms. The van der Waals surface area contributed by atoms with Crippen LogP contribution < -0.4 is 0 Å². The molecule has 0 saturated heterocycles. The molecule has 0 N–H and O–H groups in total. The van der Waals surface area contributed by atoms with E-state index in [1.165, 1.54) is 45.0 Å². The second kappa shape index (κ2) is 7.30. The van der Waals surface area contributed by atoms with Gasteiger partial charge < -0.3 is 9.57 Å². The lowest BCUT2D eigenvalue weighted by Crippen LogP contribution is -2.35. The molecule has 0 radical (unpaired) electrons. The van der Waals surface area contributed by atoms with Crippen molar-refractivity contribution >= 4 is 23.7 Å². The molecular weight excluding hydrogens is 292 g/mol. The van der Waals surface area contributed by atoms with Gasteiger partial charge in [-0.05, 0) is 31.5 Å². The molecule has 1 rings (SSSR count). The fourth-order valence-electron chi connectivity index (χ4n) is 1.31. The highest BCUT2D eigenvalue weighted by Crippen LogP contribution is 2.16. The minimum Gasteiger partial charge on any atom is -0.458 e. The zero-order chi connectivity index (χ0) is 16.8. The summed E-state index contributed by atoms with van der Waals surface area (Å²) in [5, 5.41) is 13.9. The van der Waals surface area contributed by atoms with Crippen LogP contribution in [0.25, 0.3) is 0 Å². The zero-order valence-corrected chi connectivity index (χ0v) is 12.4. The van der Waals surface area contributed by atoms with Crippen LogP contribution >= 0.6 is 0 Å². The van der Waals surface area contributed by atoms with Gasteiger partial charge in [0.25, 0.3) is 5.69 Å². The number of carbonyl (C=O) groups excluding carboxylic acids is 2. The van der Waals surface area contributed by atoms with Crippen molar-refractivity contribution in [1.29, 1.82) is 0 Å². The van der Waals surface area contributed by atoms with E-state index in [0.717, 1.165) is 6.21 Å². The molecule has 1 aromatic carbocycles. The average molecular weight is 308 g/mol. The monoisotopic (exact) mass is 308 g/mol. The van der Waals surface area contributed by atoms with Gasteiger partial charge in [0, 0.05) is 19.1 Å². The number of ether oxygens (including phenoxy) is 1. The molecule has 0 spiro atoms. The predicted molar refractivity (Wildman–Crippen MR) is 77.2 cm³/mol. The number of Topliss-reactive ketones (excluding diaryl/α,β-unsaturated/α-hetero) is 1. The van der Waals surface area contributed by atoms with Crippen LogP contribution in [0.15, 0.2) is 29.4 Å². The minimum atomic E-state index is -1.35. The number of nitro groups is 1. The molecule has 118 valence electrons. The van der Waals surface area contributed by atoms with Crippen molar-refractivity contribution in [1.82, 2.24) is 0 Å². The predicted octanol–water partition coefficient (Wildman–Crippen LogP) is 2.01. The van der Waals surface area contributed by atoms with E-state index in [-0.39, 0.29) is 18.1 Å². The highest BCUT2D eigenvalue weighted by atomic mass is 16.7. The van der Waals surface area contributed by atoms with Crippen molar-refractivity contribution < 1.29 is 24.1 Å². The number of hydrogen-bond donors (Lipinski definition) is 0. The largest absolute Gasteiger partial charge is 0.458 e. The molecule has 0 aliphatic carbocycles. The zero-order valence-electron chi connectivity index (χ0n) is 12.4. The maximum atomic E-state index is 11.9. The Labute approximate surface area is 126 Å². The molecule has 1 aromatic rings. The smallest absolute Gasteiger partial charge is 0.353 e. The Kier molecular flexibility index (Phi) is 5.73. The maximum Gasteiger partial charge on any atom is 0.353 e. The summed E-state index contributed by atoms with van der Waals surface area (Å²) in [5.74, 6) is -0.985. The lowest BCUT2D eigenvalue weighted by molar-refractivity contribution is -0.384. The van der Waals surface area contributed by atoms with Crippen LogP contribution in [0.1, 0.15) is 26.3 Å². The number of ketones is 1. The molecule has 0 atom stereocenters. The van der Waals surface area contributed by atoms with Gasteiger partial charge in [-0.2, -0.15) is 0 Å². The third-order valence-corrected chi connectivity index (χ3v) is 2.52. The Morgan fingerprint density at radius 1 is 1.32 bits per heavy atom. The van der Waals surface area contributed by atoms with Gasteiger partial charge in [0.2, 0.25) is 5.60 Å². The number of non-ortho nitro benzene ring substituents is 1. The minimum absolute atomic E-state index is 0.0442. The van der Waals surface area contributed by atoms with E-state index in [1.807, 2.05) is 0 Å². The van der Waals surface area contributed by atoms with Crippen LogP contribution in [0.5, 0.6) is 0 Å². The first kappa shape index (κ1) is 17.3. The Bertz CT molecular complexity index is 592. The number of carbonyl (C=O) groups is 2. The van der Waals surface area contributed by atoms with Crippen molar-refractivity contribution in [2.24, 2.45) is 5.16 Å². The first-order chi connectivity index (χ1) is 10.2. The van der Waals surface area contributed by atoms with Crippen molar-refractivity contribution in [2.45, 2.75) is 33.0 Å². The van der Waals surface area contributed by atoms with E-state index in [2.05, 4.69) is 5.16 Å². The SMILES string of the molecule is CC(=O)C=NOC(C)(C)C(=O)OCc1ccc([N+](=O)[O-])cc1. The van der Waals surface area contributed by atoms with Crippen LogP contribution in [0.4, 0.5) is 5.69 Å². The van der Waals surface area contributed by atoms with Crippen LogP contribution in [0.3, 0.4) is 0 Å². The van der Waals surface area contributed by atoms with Gasteiger partial charge in [-0.25, -0.2) is 4.79 Å². The number of nitrogens with zero attached hydrogens (tertiary/aromatic N) is 2. The number of nitro benzene ring substituents is 1. The van der Waals surface area contributed by atoms with Gasteiger partial charge in [-0.3, -0.25) is 14.9 Å². The van der Waals surface area contributed by atoms with Crippen molar-refractivity contribution in [3.63, 3.8) is 0 Å². The number of rotatable bonds is 7. The van der Waals surface area contributed by atoms with E-state index < -0.39 is 16.5 Å². The van der Waals surface area contributed by atoms with Crippen LogP contribution in [-0.4, -0.2) is 28.5 Å². The van der Waals surface area contributed by atoms with Crippen molar-refractivity contribution in [3.05, 3.63) is 39.9 Å². The standard InChI is InChI=1S/C14H16N2O6/c1-10(17)8-15-22-14(2,3)13(18)21-9-11-4-6-12(7-5-11)16(19)20/h4-8H,9H2,1-3H3. The Balaban J connectivity index is 2.57. The van der Waals surface area contributed by atoms with E-state index in [0.29, 0.717) is 5.56 Å². The van der Waals surface area contributed by atoms with Crippen molar-refractivity contribution in [3.8, 4) is 0 Å². The van der Waals surface area contributed by atoms with Gasteiger partial charge in [0.1, 0.15) is 12.8 Å². The quantitative estimate of drug-likeness (QED) is 0.330. The van der Waals surface area contributed by atoms with Crippen LogP contribution in [0, 0.1) is 10.1 Å². The summed E-state index contributed by atoms with van der Waals surface area (Å²) >= 11 is 0. The molecule has 0 bridgehead atoms. The Morgan fingerprint density at radius 3 is 2.41 bits per heavy atom. The van der Waals surface area contributed by atoms with Crippen LogP contribution in [0.2, 0.25) is 0 Å². The summed E-state index contributed by atoms with van der Waals surface area (Å²) < 4.78 is 5.06. The third-order valence-electron chi connectivity index (χ3n) is 2.52. The third kappa shape index (κ3) is 5.31. The first-order valence-corrected chi connectivity index (χ1v) is 6.35. The lowest BCUT2D eigenvalue weighted by Gasteiger charge is -2.19. The Hall–Kier alpha value is -2.77. The summed E-state index contributed by atoms with van der Waals surface area (Å²) in [7, 11) is 0. The first-order valence-electron chi connectivity index (χ1n) is 6.35. The number of hydrogen-bond acceptors (Lipinski definition) is 7. The van der Waals surface area contributed by atoms with E-state index >= 15 is 0 Å². The second-order valence-electron chi connectivity index (χ2n) is 4.95. The normalized spacial score (nSPS) is 11.2. The molecular formula is C14H16N2O6. The molecule has 8 nitrogen and oxygen atoms in total. The summed E-state index contributed by atoms with van der Waals surface area (Å²) in [6.07, 6.45) is 0.950. The summed E-state index contributed by atoms with van der Waals surface area (Å²) in [6.45, 7) is 4.14. The molecule has 0 aliphatic heterocycles. The molecule has 0 unspecified atom stereocenters. The highest BCUT2D eigenvalue weighted by Gasteiger charge is 2.32. The molecule has 0 saturated carbocycles. The molecule has 0 heterocycles. The fraction of sp³-hybridized carbons (Fsp3) is 0.357.